The molecule has 4 bridgehead atoms. The Balaban J connectivity index is 1.24. The summed E-state index contributed by atoms with van der Waals surface area (Å²) in [5.41, 5.74) is 11.6. The summed E-state index contributed by atoms with van der Waals surface area (Å²) in [7, 11) is 1.47. The highest BCUT2D eigenvalue weighted by Crippen LogP contribution is 2.61. The van der Waals surface area contributed by atoms with Crippen molar-refractivity contribution in [2.45, 2.75) is 48.9 Å². The predicted octanol–water partition coefficient (Wildman–Crippen LogP) is 1.15. The number of aliphatic hydroxyl groups is 1. The van der Waals surface area contributed by atoms with Crippen LogP contribution in [0.25, 0.3) is 11.2 Å². The Kier molecular flexibility index (Phi) is 8.42. The molecule has 4 aliphatic rings. The van der Waals surface area contributed by atoms with E-state index < -0.39 is 75.1 Å². The minimum atomic E-state index is -4.30. The van der Waals surface area contributed by atoms with E-state index in [0.717, 1.165) is 0 Å². The van der Waals surface area contributed by atoms with Crippen LogP contribution in [0.2, 0.25) is 0 Å². The van der Waals surface area contributed by atoms with E-state index >= 15 is 0 Å². The number of aromatic nitrogens is 6. The molecule has 1 aliphatic carbocycles. The van der Waals surface area contributed by atoms with Gasteiger partial charge in [-0.25, -0.2) is 29.5 Å². The number of hydrogen-bond acceptors (Lipinski definition) is 16. The van der Waals surface area contributed by atoms with Gasteiger partial charge in [0.15, 0.2) is 23.5 Å². The van der Waals surface area contributed by atoms with Gasteiger partial charge in [-0.15, -0.1) is 0 Å². The standard InChI is InChI=1S/C24H30N10O9P2S2/c1-27-18(25)13-20(28-2)33(9-31-13)23-16-15(35)12(40-23)6-38-44(36,46)43-17-11-4-3-5-24(17,7-39-45(37,47)42-16)41-22(11)34-10-32-14-19(26)29-8-30-21(14)34/h3-4,8-12,15-17,22-23,35H,2,5-7H2,1H3,(H2,25,27)(H,36,46)(H,37,47)(H2,26,29,30)/t11-,12-,15-,16-,17+,22-,23-,24-,44?,45?/m1/s1. The lowest BCUT2D eigenvalue weighted by molar-refractivity contribution is -0.120. The number of amidine groups is 1. The zero-order chi connectivity index (χ0) is 33.3. The van der Waals surface area contributed by atoms with E-state index in [0.29, 0.717) is 11.2 Å². The monoisotopic (exact) mass is 728 g/mol. The number of thiol groups is 1. The summed E-state index contributed by atoms with van der Waals surface area (Å²) < 4.78 is 53.2. The van der Waals surface area contributed by atoms with Gasteiger partial charge in [0.1, 0.15) is 59.6 Å². The van der Waals surface area contributed by atoms with Gasteiger partial charge in [0.25, 0.3) is 0 Å². The molecule has 0 radical (unpaired) electrons. The Morgan fingerprint density at radius 3 is 2.77 bits per heavy atom. The molecule has 3 aromatic heterocycles. The van der Waals surface area contributed by atoms with Crippen LogP contribution in [0.4, 0.5) is 11.6 Å². The number of aliphatic hydroxyl groups excluding tert-OH is 1. The van der Waals surface area contributed by atoms with Crippen LogP contribution in [0.5, 0.6) is 0 Å². The Bertz CT molecular complexity index is 1890. The Morgan fingerprint density at radius 2 is 2.00 bits per heavy atom. The molecule has 23 heteroatoms. The van der Waals surface area contributed by atoms with Crippen LogP contribution in [0.15, 0.2) is 41.1 Å². The molecule has 0 saturated carbocycles. The zero-order valence-corrected chi connectivity index (χ0v) is 28.0. The number of hydrogen-bond donors (Lipinski definition) is 5. The topological polar surface area (TPSA) is 251 Å². The van der Waals surface area contributed by atoms with Gasteiger partial charge < -0.3 is 40.0 Å². The Morgan fingerprint density at radius 1 is 1.21 bits per heavy atom. The van der Waals surface area contributed by atoms with Gasteiger partial charge in [0.05, 0.1) is 31.8 Å². The summed E-state index contributed by atoms with van der Waals surface area (Å²) in [5, 5.41) is 11.3. The molecule has 10 atom stereocenters. The first kappa shape index (κ1) is 32.9. The maximum absolute atomic E-state index is 13.9. The van der Waals surface area contributed by atoms with Crippen LogP contribution >= 0.6 is 25.8 Å². The van der Waals surface area contributed by atoms with Crippen molar-refractivity contribution in [3.63, 3.8) is 0 Å². The van der Waals surface area contributed by atoms with Gasteiger partial charge in [0.2, 0.25) is 0 Å². The van der Waals surface area contributed by atoms with E-state index in [9.17, 15) is 14.6 Å². The van der Waals surface area contributed by atoms with Gasteiger partial charge in [0, 0.05) is 7.05 Å². The zero-order valence-electron chi connectivity index (χ0n) is 24.5. The van der Waals surface area contributed by atoms with E-state index in [4.69, 9.17) is 50.8 Å². The first-order valence-corrected chi connectivity index (χ1v) is 19.3. The van der Waals surface area contributed by atoms with Gasteiger partial charge in [-0.3, -0.25) is 23.2 Å². The van der Waals surface area contributed by atoms with Crippen molar-refractivity contribution < 1.29 is 42.1 Å². The molecule has 47 heavy (non-hydrogen) atoms. The first-order valence-electron chi connectivity index (χ1n) is 14.1. The largest absolute Gasteiger partial charge is 0.387 e. The van der Waals surface area contributed by atoms with E-state index in [1.54, 1.807) is 4.57 Å². The van der Waals surface area contributed by atoms with E-state index in [1.807, 2.05) is 12.2 Å². The molecule has 252 valence electrons. The predicted molar refractivity (Wildman–Crippen MR) is 173 cm³/mol. The molecule has 3 saturated heterocycles. The summed E-state index contributed by atoms with van der Waals surface area (Å²) in [4.78, 5) is 36.1. The summed E-state index contributed by atoms with van der Waals surface area (Å²) in [5.74, 6) is -0.196. The molecule has 7 rings (SSSR count). The van der Waals surface area contributed by atoms with E-state index in [-0.39, 0.29) is 29.6 Å². The van der Waals surface area contributed by atoms with Crippen molar-refractivity contribution >= 4 is 72.9 Å². The lowest BCUT2D eigenvalue weighted by Crippen LogP contribution is -2.47. The molecule has 0 aromatic carbocycles. The van der Waals surface area contributed by atoms with Crippen LogP contribution in [-0.2, 0) is 43.9 Å². The van der Waals surface area contributed by atoms with E-state index in [1.165, 1.54) is 30.6 Å². The van der Waals surface area contributed by atoms with Crippen molar-refractivity contribution in [2.75, 3.05) is 26.0 Å². The van der Waals surface area contributed by atoms with Crippen molar-refractivity contribution in [2.24, 2.45) is 21.6 Å². The second-order valence-electron chi connectivity index (χ2n) is 11.1. The van der Waals surface area contributed by atoms with Gasteiger partial charge in [-0.1, -0.05) is 24.4 Å². The number of nitrogens with two attached hydrogens (primary N) is 2. The van der Waals surface area contributed by atoms with Gasteiger partial charge >= 0.3 is 13.5 Å². The average Bonchev–Trinajstić information content (AvgIpc) is 3.76. The molecule has 19 nitrogen and oxygen atoms in total. The molecular weight excluding hydrogens is 698 g/mol. The fraction of sp³-hybridized carbons (Fsp3) is 0.500. The molecule has 3 aromatic rings. The Hall–Kier alpha value is -2.65. The molecule has 3 aliphatic heterocycles. The van der Waals surface area contributed by atoms with Crippen molar-refractivity contribution in [3.8, 4) is 0 Å². The van der Waals surface area contributed by atoms with Gasteiger partial charge in [-0.05, 0) is 24.9 Å². The molecule has 0 spiro atoms. The van der Waals surface area contributed by atoms with Crippen molar-refractivity contribution in [3.05, 3.63) is 36.8 Å². The number of nitrogens with zero attached hydrogens (tertiary/aromatic N) is 8. The Labute approximate surface area is 276 Å². The van der Waals surface area contributed by atoms with Crippen molar-refractivity contribution in [1.29, 1.82) is 0 Å². The minimum absolute atomic E-state index is 0.0635. The SMILES string of the molecule is C=Nc1c(C(N)=NC)ncn1[C@@H]1O[C@@H]2COP(O)(=S)O[C@H]3[C@H]4C=CC[C@]3(COP(=O)(S)O[C@@H]1[C@@H]2O)O[C@H]4n1cnc2c(N)ncnc21. The summed E-state index contributed by atoms with van der Waals surface area (Å²) in [6, 6.07) is 0. The van der Waals surface area contributed by atoms with Gasteiger partial charge in [-0.2, -0.15) is 0 Å². The van der Waals surface area contributed by atoms with E-state index in [2.05, 4.69) is 48.9 Å². The second-order valence-corrected chi connectivity index (χ2v) is 16.8. The van der Waals surface area contributed by atoms with Crippen LogP contribution in [-0.4, -0.2) is 102 Å². The highest BCUT2D eigenvalue weighted by molar-refractivity contribution is 8.44. The molecule has 6 heterocycles. The minimum Gasteiger partial charge on any atom is -0.387 e. The molecule has 6 N–H and O–H groups in total. The maximum atomic E-state index is 13.9. The number of imidazole rings is 2. The number of aliphatic imine (C=N–C) groups is 2. The lowest BCUT2D eigenvalue weighted by Gasteiger charge is -2.37. The summed E-state index contributed by atoms with van der Waals surface area (Å²) >= 11 is 9.68. The van der Waals surface area contributed by atoms with Crippen LogP contribution in [0.3, 0.4) is 0 Å². The van der Waals surface area contributed by atoms with Crippen LogP contribution < -0.4 is 11.5 Å². The fourth-order valence-electron chi connectivity index (χ4n) is 6.21. The average molecular weight is 729 g/mol. The van der Waals surface area contributed by atoms with Crippen LogP contribution in [0.1, 0.15) is 24.6 Å². The third-order valence-electron chi connectivity index (χ3n) is 8.40. The maximum Gasteiger partial charge on any atom is 0.386 e. The molecule has 0 amide bonds. The highest BCUT2D eigenvalue weighted by Gasteiger charge is 2.60. The van der Waals surface area contributed by atoms with Crippen molar-refractivity contribution in [1.82, 2.24) is 29.1 Å². The lowest BCUT2D eigenvalue weighted by atomic mass is 9.83. The molecule has 3 fully saturated rings. The smallest absolute Gasteiger partial charge is 0.386 e. The van der Waals surface area contributed by atoms with Crippen LogP contribution in [0, 0.1) is 5.92 Å². The third kappa shape index (κ3) is 5.67. The number of nitrogen functional groups attached to an aromatic ring is 1. The first-order chi connectivity index (χ1) is 22.4. The number of anilines is 1. The fourth-order valence-corrected chi connectivity index (χ4v) is 9.16. The molecule has 2 unspecified atom stereocenters. The number of fused-ring (bicyclic) bond motifs is 3. The summed E-state index contributed by atoms with van der Waals surface area (Å²) in [6.07, 6.45) is 1.03. The number of ether oxygens (including phenoxy) is 2. The normalized spacial score (nSPS) is 39.2. The quantitative estimate of drug-likeness (QED) is 0.0831. The summed E-state index contributed by atoms with van der Waals surface area (Å²) in [6.45, 7) is -5.62. The third-order valence-corrected chi connectivity index (χ3v) is 11.5. The highest BCUT2D eigenvalue weighted by atomic mass is 32.7. The number of rotatable bonds is 4. The second kappa shape index (κ2) is 12.0. The molecular formula is C24H30N10O9P2S2.